The van der Waals surface area contributed by atoms with E-state index in [1.54, 1.807) is 11.8 Å². The molecule has 1 aromatic heterocycles. The maximum Gasteiger partial charge on any atom is 0.358 e. The van der Waals surface area contributed by atoms with E-state index in [1.807, 2.05) is 31.2 Å². The number of amides is 2. The lowest BCUT2D eigenvalue weighted by atomic mass is 9.91. The highest BCUT2D eigenvalue weighted by Crippen LogP contribution is 2.30. The first-order valence-corrected chi connectivity index (χ1v) is 11.2. The number of hydrogen-bond acceptors (Lipinski definition) is 5. The zero-order valence-corrected chi connectivity index (χ0v) is 18.9. The maximum absolute atomic E-state index is 13.6. The Morgan fingerprint density at radius 2 is 1.88 bits per heavy atom. The fourth-order valence-corrected chi connectivity index (χ4v) is 4.56. The van der Waals surface area contributed by atoms with E-state index in [4.69, 9.17) is 4.74 Å². The van der Waals surface area contributed by atoms with Gasteiger partial charge in [-0.05, 0) is 32.3 Å². The lowest BCUT2D eigenvalue weighted by molar-refractivity contribution is -0.134. The number of aryl methyl sites for hydroxylation is 1. The van der Waals surface area contributed by atoms with Gasteiger partial charge >= 0.3 is 5.97 Å². The van der Waals surface area contributed by atoms with Crippen LogP contribution in [0.5, 0.6) is 0 Å². The van der Waals surface area contributed by atoms with E-state index in [1.165, 1.54) is 24.3 Å². The molecule has 0 saturated heterocycles. The second-order valence-electron chi connectivity index (χ2n) is 9.02. The van der Waals surface area contributed by atoms with Crippen LogP contribution in [0.15, 0.2) is 30.3 Å². The third kappa shape index (κ3) is 4.13. The summed E-state index contributed by atoms with van der Waals surface area (Å²) in [5.41, 5.74) is 1.24. The number of nitrogens with zero attached hydrogens (tertiary/aromatic N) is 3. The Hall–Kier alpha value is -3.16. The predicted octanol–water partition coefficient (Wildman–Crippen LogP) is 2.84. The van der Waals surface area contributed by atoms with Gasteiger partial charge in [0.2, 0.25) is 5.91 Å². The lowest BCUT2D eigenvalue weighted by Gasteiger charge is -2.44. The van der Waals surface area contributed by atoms with E-state index < -0.39 is 11.5 Å². The van der Waals surface area contributed by atoms with E-state index in [2.05, 4.69) is 10.4 Å². The summed E-state index contributed by atoms with van der Waals surface area (Å²) in [6.07, 6.45) is 5.29. The number of nitrogens with one attached hydrogen (secondary N) is 1. The summed E-state index contributed by atoms with van der Waals surface area (Å²) in [5, 5.41) is 7.44. The molecule has 2 aromatic rings. The van der Waals surface area contributed by atoms with Crippen molar-refractivity contribution in [3.63, 3.8) is 0 Å². The van der Waals surface area contributed by atoms with Crippen LogP contribution in [-0.4, -0.2) is 51.2 Å². The van der Waals surface area contributed by atoms with Gasteiger partial charge in [0.1, 0.15) is 11.2 Å². The number of esters is 1. The average molecular weight is 439 g/mol. The van der Waals surface area contributed by atoms with Crippen LogP contribution in [0.2, 0.25) is 0 Å². The molecule has 8 nitrogen and oxygen atoms in total. The Labute approximate surface area is 187 Å². The Morgan fingerprint density at radius 3 is 2.53 bits per heavy atom. The Morgan fingerprint density at radius 1 is 1.19 bits per heavy atom. The molecule has 1 saturated carbocycles. The van der Waals surface area contributed by atoms with Crippen molar-refractivity contribution in [2.45, 2.75) is 70.6 Å². The number of benzene rings is 1. The number of hydrogen-bond donors (Lipinski definition) is 1. The molecule has 2 heterocycles. The lowest BCUT2D eigenvalue weighted by Crippen LogP contribution is -2.64. The minimum atomic E-state index is -1.15. The van der Waals surface area contributed by atoms with Gasteiger partial charge in [0.05, 0.1) is 13.7 Å². The zero-order valence-electron chi connectivity index (χ0n) is 18.9. The van der Waals surface area contributed by atoms with Crippen molar-refractivity contribution < 1.29 is 19.1 Å². The van der Waals surface area contributed by atoms with Crippen molar-refractivity contribution in [1.29, 1.82) is 0 Å². The van der Waals surface area contributed by atoms with Crippen LogP contribution in [0, 0.1) is 6.92 Å². The number of carbonyl (C=O) groups is 3. The van der Waals surface area contributed by atoms with Gasteiger partial charge < -0.3 is 15.0 Å². The summed E-state index contributed by atoms with van der Waals surface area (Å²) in [4.78, 5) is 40.7. The van der Waals surface area contributed by atoms with Crippen molar-refractivity contribution in [2.24, 2.45) is 0 Å². The summed E-state index contributed by atoms with van der Waals surface area (Å²) in [7, 11) is 1.27. The fraction of sp³-hybridized carbons (Fsp3) is 0.500. The van der Waals surface area contributed by atoms with Gasteiger partial charge in [0.25, 0.3) is 5.91 Å². The zero-order chi connectivity index (χ0) is 22.9. The van der Waals surface area contributed by atoms with Gasteiger partial charge in [0.15, 0.2) is 5.69 Å². The highest BCUT2D eigenvalue weighted by atomic mass is 16.5. The Balaban J connectivity index is 1.69. The summed E-state index contributed by atoms with van der Waals surface area (Å²) >= 11 is 0. The van der Waals surface area contributed by atoms with Crippen LogP contribution in [0.25, 0.3) is 0 Å². The van der Waals surface area contributed by atoms with Gasteiger partial charge in [-0.25, -0.2) is 4.79 Å². The fourth-order valence-electron chi connectivity index (χ4n) is 4.56. The van der Waals surface area contributed by atoms with Crippen LogP contribution in [-0.2, 0) is 22.6 Å². The van der Waals surface area contributed by atoms with E-state index in [0.29, 0.717) is 0 Å². The smallest absolute Gasteiger partial charge is 0.358 e. The molecule has 0 spiro atoms. The average Bonchev–Trinajstić information content (AvgIpc) is 3.22. The predicted molar refractivity (Wildman–Crippen MR) is 118 cm³/mol. The van der Waals surface area contributed by atoms with Crippen molar-refractivity contribution in [3.8, 4) is 0 Å². The highest BCUT2D eigenvalue weighted by Gasteiger charge is 2.48. The minimum absolute atomic E-state index is 0.0584. The van der Waals surface area contributed by atoms with Crippen LogP contribution in [0.3, 0.4) is 0 Å². The molecule has 1 unspecified atom stereocenters. The second kappa shape index (κ2) is 8.76. The van der Waals surface area contributed by atoms with Crippen molar-refractivity contribution in [3.05, 3.63) is 52.8 Å². The molecular formula is C24H30N4O4. The van der Waals surface area contributed by atoms with E-state index in [-0.39, 0.29) is 42.3 Å². The van der Waals surface area contributed by atoms with Crippen molar-refractivity contribution in [2.75, 3.05) is 7.11 Å². The SMILES string of the molecule is COC(=O)c1cc2n(n1)CC(C)(C(=O)NC1CCCCC1)N(Cc1ccc(C)cc1)C2=O. The summed E-state index contributed by atoms with van der Waals surface area (Å²) in [6, 6.07) is 9.47. The molecule has 1 aliphatic heterocycles. The molecule has 1 fully saturated rings. The minimum Gasteiger partial charge on any atom is -0.464 e. The van der Waals surface area contributed by atoms with Crippen molar-refractivity contribution >= 4 is 17.8 Å². The molecule has 170 valence electrons. The molecule has 2 amide bonds. The molecular weight excluding hydrogens is 408 g/mol. The van der Waals surface area contributed by atoms with Gasteiger partial charge in [-0.1, -0.05) is 49.1 Å². The maximum atomic E-state index is 13.6. The first kappa shape index (κ1) is 22.0. The molecule has 32 heavy (non-hydrogen) atoms. The number of aromatic nitrogens is 2. The van der Waals surface area contributed by atoms with Crippen LogP contribution in [0.1, 0.15) is 71.1 Å². The summed E-state index contributed by atoms with van der Waals surface area (Å²) < 4.78 is 6.22. The van der Waals surface area contributed by atoms with E-state index in [9.17, 15) is 14.4 Å². The topological polar surface area (TPSA) is 93.5 Å². The third-order valence-electron chi connectivity index (χ3n) is 6.58. The van der Waals surface area contributed by atoms with E-state index in [0.717, 1.165) is 36.8 Å². The van der Waals surface area contributed by atoms with Gasteiger partial charge in [-0.2, -0.15) is 5.10 Å². The number of methoxy groups -OCH3 is 1. The summed E-state index contributed by atoms with van der Waals surface area (Å²) in [5.74, 6) is -1.13. The number of ether oxygens (including phenoxy) is 1. The molecule has 1 N–H and O–H groups in total. The number of rotatable bonds is 5. The van der Waals surface area contributed by atoms with Crippen LogP contribution in [0.4, 0.5) is 0 Å². The largest absolute Gasteiger partial charge is 0.464 e. The van der Waals surface area contributed by atoms with Gasteiger partial charge in [-0.15, -0.1) is 0 Å². The first-order valence-electron chi connectivity index (χ1n) is 11.2. The number of fused-ring (bicyclic) bond motifs is 1. The third-order valence-corrected chi connectivity index (χ3v) is 6.58. The molecule has 4 rings (SSSR count). The van der Waals surface area contributed by atoms with Crippen molar-refractivity contribution in [1.82, 2.24) is 20.0 Å². The second-order valence-corrected chi connectivity index (χ2v) is 9.02. The quantitative estimate of drug-likeness (QED) is 0.725. The van der Waals surface area contributed by atoms with Gasteiger partial charge in [-0.3, -0.25) is 14.3 Å². The molecule has 0 bridgehead atoms. The molecule has 0 radical (unpaired) electrons. The number of carbonyl (C=O) groups excluding carboxylic acids is 3. The Bertz CT molecular complexity index is 1020. The first-order chi connectivity index (χ1) is 15.3. The monoisotopic (exact) mass is 438 g/mol. The van der Waals surface area contributed by atoms with E-state index >= 15 is 0 Å². The molecule has 1 atom stereocenters. The van der Waals surface area contributed by atoms with Gasteiger partial charge in [0, 0.05) is 18.7 Å². The molecule has 2 aliphatic rings. The summed E-state index contributed by atoms with van der Waals surface area (Å²) in [6.45, 7) is 4.23. The molecule has 1 aromatic carbocycles. The van der Waals surface area contributed by atoms with Crippen LogP contribution >= 0.6 is 0 Å². The molecule has 1 aliphatic carbocycles. The van der Waals surface area contributed by atoms with Crippen LogP contribution < -0.4 is 5.32 Å². The Kier molecular flexibility index (Phi) is 6.04. The molecule has 8 heteroatoms. The normalized spacial score (nSPS) is 21.2. The standard InChI is InChI=1S/C24H30N4O4/c1-16-9-11-17(12-10-16)14-27-21(29)20-13-19(22(30)32-3)26-28(20)15-24(27,2)23(31)25-18-7-5-4-6-8-18/h9-13,18H,4-8,14-15H2,1-3H3,(H,25,31). The highest BCUT2D eigenvalue weighted by molar-refractivity contribution is 6.01.